The van der Waals surface area contributed by atoms with Crippen molar-refractivity contribution in [1.29, 1.82) is 0 Å². The second-order valence-corrected chi connectivity index (χ2v) is 19.5. The first kappa shape index (κ1) is 71.6. The van der Waals surface area contributed by atoms with Crippen molar-refractivity contribution >= 4 is 23.9 Å². The molecule has 0 spiro atoms. The minimum atomic E-state index is -1.95. The predicted molar refractivity (Wildman–Crippen MR) is 321 cm³/mol. The van der Waals surface area contributed by atoms with Crippen LogP contribution in [0.3, 0.4) is 0 Å². The highest BCUT2D eigenvalue weighted by Gasteiger charge is 2.50. The van der Waals surface area contributed by atoms with Crippen LogP contribution in [0.1, 0.15) is 201 Å². The molecule has 1 saturated heterocycles. The number of aliphatic carboxylic acids is 1. The summed E-state index contributed by atoms with van der Waals surface area (Å²) in [6.45, 7) is 5.57. The van der Waals surface area contributed by atoms with E-state index in [-0.39, 0.29) is 25.9 Å². The number of hydrogen-bond acceptors (Lipinski definition) is 11. The number of aliphatic hydroxyl groups excluding tert-OH is 2. The summed E-state index contributed by atoms with van der Waals surface area (Å²) in [5.74, 6) is -3.35. The summed E-state index contributed by atoms with van der Waals surface area (Å²) in [5, 5.41) is 31.5. The summed E-state index contributed by atoms with van der Waals surface area (Å²) in [6, 6.07) is 0. The topological polar surface area (TPSA) is 175 Å². The Labute approximate surface area is 476 Å². The summed E-state index contributed by atoms with van der Waals surface area (Å²) in [4.78, 5) is 51.1. The van der Waals surface area contributed by atoms with Crippen molar-refractivity contribution in [3.05, 3.63) is 146 Å². The first-order valence-corrected chi connectivity index (χ1v) is 29.8. The molecule has 3 N–H and O–H groups in total. The van der Waals surface area contributed by atoms with Crippen molar-refractivity contribution in [3.8, 4) is 0 Å². The van der Waals surface area contributed by atoms with Crippen LogP contribution in [0.15, 0.2) is 146 Å². The van der Waals surface area contributed by atoms with Crippen LogP contribution in [0.5, 0.6) is 0 Å². The van der Waals surface area contributed by atoms with Crippen molar-refractivity contribution in [2.75, 3.05) is 13.2 Å². The molecule has 1 aliphatic heterocycles. The molecule has 0 saturated carbocycles. The van der Waals surface area contributed by atoms with Gasteiger partial charge >= 0.3 is 23.9 Å². The first-order chi connectivity index (χ1) is 38.6. The van der Waals surface area contributed by atoms with Crippen LogP contribution in [0.4, 0.5) is 0 Å². The van der Waals surface area contributed by atoms with Crippen LogP contribution >= 0.6 is 0 Å². The van der Waals surface area contributed by atoms with Crippen molar-refractivity contribution < 1.29 is 58.2 Å². The number of carbonyl (C=O) groups excluding carboxylic acids is 3. The molecule has 12 heteroatoms. The zero-order valence-electron chi connectivity index (χ0n) is 48.5. The smallest absolute Gasteiger partial charge is 0.335 e. The second-order valence-electron chi connectivity index (χ2n) is 19.5. The lowest BCUT2D eigenvalue weighted by molar-refractivity contribution is -0.301. The van der Waals surface area contributed by atoms with Crippen molar-refractivity contribution in [2.24, 2.45) is 0 Å². The molecule has 442 valence electrons. The fraction of sp³-hybridized carbons (Fsp3) is 0.582. The maximum absolute atomic E-state index is 13.2. The molecule has 6 atom stereocenters. The third-order valence-electron chi connectivity index (χ3n) is 12.4. The Balaban J connectivity index is 2.76. The van der Waals surface area contributed by atoms with Crippen LogP contribution in [0, 0.1) is 0 Å². The summed E-state index contributed by atoms with van der Waals surface area (Å²) < 4.78 is 28.3. The summed E-state index contributed by atoms with van der Waals surface area (Å²) in [5.41, 5.74) is 0. The fourth-order valence-corrected chi connectivity index (χ4v) is 7.98. The van der Waals surface area contributed by atoms with Gasteiger partial charge in [0.05, 0.1) is 13.0 Å². The average Bonchev–Trinajstić information content (AvgIpc) is 3.44. The highest BCUT2D eigenvalue weighted by molar-refractivity contribution is 5.74. The van der Waals surface area contributed by atoms with Gasteiger partial charge in [-0.05, 0) is 116 Å². The van der Waals surface area contributed by atoms with Gasteiger partial charge in [0.15, 0.2) is 24.6 Å². The average molecular weight is 1100 g/mol. The Morgan fingerprint density at radius 3 is 1.22 bits per heavy atom. The van der Waals surface area contributed by atoms with Gasteiger partial charge in [0.1, 0.15) is 18.8 Å². The molecule has 0 aromatic heterocycles. The van der Waals surface area contributed by atoms with Gasteiger partial charge in [-0.15, -0.1) is 0 Å². The molecule has 0 amide bonds. The molecular formula is C67H102O12. The van der Waals surface area contributed by atoms with E-state index >= 15 is 0 Å². The number of carboxylic acid groups (broad SMARTS) is 1. The third-order valence-corrected chi connectivity index (χ3v) is 12.4. The Kier molecular flexibility index (Phi) is 48.3. The van der Waals surface area contributed by atoms with Crippen LogP contribution in [0.2, 0.25) is 0 Å². The van der Waals surface area contributed by atoms with Crippen LogP contribution in [0.25, 0.3) is 0 Å². The SMILES string of the molecule is CC/C=C\C/C=C\C/C=C\C/C=C\C/C=C\CC(=O)OC1C(OCC(COC(=O)CCCCCCCC/C=C\C/C=C\C/C=C\C/C=C\CC)OC(=O)CCCCCCC/C=C\C/C=C\C/C=C\CC)OC(C(=O)O)C(O)C1O. The van der Waals surface area contributed by atoms with Gasteiger partial charge in [-0.25, -0.2) is 4.79 Å². The highest BCUT2D eigenvalue weighted by atomic mass is 16.7. The van der Waals surface area contributed by atoms with E-state index in [1.807, 2.05) is 12.2 Å². The van der Waals surface area contributed by atoms with E-state index in [9.17, 15) is 34.5 Å². The van der Waals surface area contributed by atoms with Gasteiger partial charge in [0.25, 0.3) is 0 Å². The van der Waals surface area contributed by atoms with Crippen molar-refractivity contribution in [2.45, 2.75) is 237 Å². The molecule has 0 aromatic rings. The summed E-state index contributed by atoms with van der Waals surface area (Å²) >= 11 is 0. The Morgan fingerprint density at radius 1 is 0.430 bits per heavy atom. The van der Waals surface area contributed by atoms with E-state index in [0.29, 0.717) is 19.3 Å². The number of hydrogen-bond donors (Lipinski definition) is 3. The quantitative estimate of drug-likeness (QED) is 0.0228. The number of esters is 3. The standard InChI is InChI=1S/C67H102O12/c1-4-7-10-13-16-19-22-25-28-29-30-31-34-35-38-41-44-47-50-53-59(68)75-56-58(77-60(69)54-51-48-45-42-39-36-32-26-23-20-17-14-11-8-5-2)57-76-67-65(63(72)62(71)64(79-67)66(73)74)78-61(70)55-52-49-46-43-40-37-33-27-24-21-18-15-12-9-6-3/h7-12,16-21,25-28,30-33,40,43,49,52,58,62-65,67,71-72H,4-6,13-15,22-24,29,34-39,41-42,44-48,50-51,53-57H2,1-3H3,(H,73,74)/b10-7-,11-8-,12-9-,19-16-,20-17-,21-18-,28-25-,31-30-,32-26-,33-27-,43-40-,52-49-. The number of allylic oxidation sites excluding steroid dienone is 23. The Hall–Kier alpha value is -5.40. The molecule has 12 nitrogen and oxygen atoms in total. The summed E-state index contributed by atoms with van der Waals surface area (Å²) in [6.07, 6.45) is 64.1. The van der Waals surface area contributed by atoms with Gasteiger partial charge in [0, 0.05) is 12.8 Å². The van der Waals surface area contributed by atoms with Gasteiger partial charge in [-0.2, -0.15) is 0 Å². The predicted octanol–water partition coefficient (Wildman–Crippen LogP) is 15.6. The lowest BCUT2D eigenvalue weighted by Gasteiger charge is -2.40. The number of unbranched alkanes of at least 4 members (excludes halogenated alkanes) is 11. The Bertz CT molecular complexity index is 1930. The largest absolute Gasteiger partial charge is 0.479 e. The third kappa shape index (κ3) is 43.1. The molecule has 0 aromatic carbocycles. The molecule has 0 bridgehead atoms. The molecule has 1 fully saturated rings. The van der Waals surface area contributed by atoms with Gasteiger partial charge in [0.2, 0.25) is 0 Å². The number of carbonyl (C=O) groups is 4. The van der Waals surface area contributed by atoms with E-state index in [1.165, 1.54) is 0 Å². The molecule has 0 radical (unpaired) electrons. The van der Waals surface area contributed by atoms with Crippen molar-refractivity contribution in [3.63, 3.8) is 0 Å². The summed E-state index contributed by atoms with van der Waals surface area (Å²) in [7, 11) is 0. The van der Waals surface area contributed by atoms with E-state index < -0.39 is 67.3 Å². The zero-order valence-corrected chi connectivity index (χ0v) is 48.5. The first-order valence-electron chi connectivity index (χ1n) is 29.8. The maximum Gasteiger partial charge on any atom is 0.335 e. The number of aliphatic hydroxyl groups is 2. The van der Waals surface area contributed by atoms with E-state index in [1.54, 1.807) is 12.2 Å². The highest BCUT2D eigenvalue weighted by Crippen LogP contribution is 2.26. The van der Waals surface area contributed by atoms with E-state index in [2.05, 4.69) is 142 Å². The minimum Gasteiger partial charge on any atom is -0.479 e. The number of ether oxygens (including phenoxy) is 5. The molecule has 1 aliphatic rings. The molecule has 1 heterocycles. The van der Waals surface area contributed by atoms with Crippen LogP contribution in [-0.4, -0.2) is 89.2 Å². The normalized spacial score (nSPS) is 18.9. The maximum atomic E-state index is 13.2. The van der Waals surface area contributed by atoms with E-state index in [4.69, 9.17) is 23.7 Å². The minimum absolute atomic E-state index is 0.121. The molecule has 1 rings (SSSR count). The van der Waals surface area contributed by atoms with Crippen LogP contribution < -0.4 is 0 Å². The molecule has 79 heavy (non-hydrogen) atoms. The van der Waals surface area contributed by atoms with Gasteiger partial charge < -0.3 is 39.0 Å². The fourth-order valence-electron chi connectivity index (χ4n) is 7.98. The molecular weight excluding hydrogens is 997 g/mol. The lowest BCUT2D eigenvalue weighted by atomic mass is 9.98. The zero-order chi connectivity index (χ0) is 57.5. The second kappa shape index (κ2) is 53.3. The number of rotatable bonds is 48. The monoisotopic (exact) mass is 1100 g/mol. The molecule has 6 unspecified atom stereocenters. The number of carboxylic acids is 1. The Morgan fingerprint density at radius 2 is 0.797 bits per heavy atom. The lowest BCUT2D eigenvalue weighted by Crippen LogP contribution is -2.61. The van der Waals surface area contributed by atoms with E-state index in [0.717, 1.165) is 141 Å². The molecule has 0 aliphatic carbocycles. The van der Waals surface area contributed by atoms with Gasteiger partial charge in [-0.1, -0.05) is 212 Å². The van der Waals surface area contributed by atoms with Gasteiger partial charge in [-0.3, -0.25) is 14.4 Å². The van der Waals surface area contributed by atoms with Crippen molar-refractivity contribution in [1.82, 2.24) is 0 Å². The van der Waals surface area contributed by atoms with Crippen LogP contribution in [-0.2, 0) is 42.9 Å².